The lowest BCUT2D eigenvalue weighted by atomic mass is 10.2. The number of hydrogen-bond donors (Lipinski definition) is 0. The predicted molar refractivity (Wildman–Crippen MR) is 96.5 cm³/mol. The number of hydrogen-bond acceptors (Lipinski definition) is 5. The van der Waals surface area contributed by atoms with Crippen LogP contribution in [0.25, 0.3) is 10.2 Å². The summed E-state index contributed by atoms with van der Waals surface area (Å²) in [5.74, 6) is 0.628. The number of likely N-dealkylation sites (tertiary alicyclic amines) is 1. The highest BCUT2D eigenvalue weighted by atomic mass is 79.9. The number of fused-ring (bicyclic) bond motifs is 1. The second-order valence-corrected chi connectivity index (χ2v) is 7.43. The van der Waals surface area contributed by atoms with Crippen LogP contribution in [0.2, 0.25) is 0 Å². The summed E-state index contributed by atoms with van der Waals surface area (Å²) < 4.78 is 7.82. The maximum Gasteiger partial charge on any atom is 0.254 e. The van der Waals surface area contributed by atoms with Crippen LogP contribution in [-0.4, -0.2) is 40.0 Å². The van der Waals surface area contributed by atoms with Crippen LogP contribution in [0.15, 0.2) is 46.5 Å². The van der Waals surface area contributed by atoms with E-state index in [1.165, 1.54) is 0 Å². The predicted octanol–water partition coefficient (Wildman–Crippen LogP) is 3.75. The standard InChI is InChI=1S/C17H14BrN3O2S/c18-12-2-4-16(19-8-12)23-13-5-6-21(9-13)17(22)11-1-3-14-15(7-11)24-10-20-14/h1-4,7-8,10,13H,5-6,9H2. The summed E-state index contributed by atoms with van der Waals surface area (Å²) in [5, 5.41) is 0. The zero-order valence-corrected chi connectivity index (χ0v) is 15.1. The summed E-state index contributed by atoms with van der Waals surface area (Å²) in [4.78, 5) is 23.0. The van der Waals surface area contributed by atoms with Crippen molar-refractivity contribution >= 4 is 43.4 Å². The van der Waals surface area contributed by atoms with Gasteiger partial charge in [-0.1, -0.05) is 0 Å². The molecule has 0 spiro atoms. The highest BCUT2D eigenvalue weighted by Crippen LogP contribution is 2.23. The highest BCUT2D eigenvalue weighted by Gasteiger charge is 2.28. The largest absolute Gasteiger partial charge is 0.472 e. The maximum absolute atomic E-state index is 12.7. The number of nitrogens with zero attached hydrogens (tertiary/aromatic N) is 3. The molecule has 0 bridgehead atoms. The van der Waals surface area contributed by atoms with E-state index < -0.39 is 0 Å². The Balaban J connectivity index is 1.43. The molecule has 1 aliphatic rings. The Labute approximate surface area is 151 Å². The average Bonchev–Trinajstić information content (AvgIpc) is 3.24. The summed E-state index contributed by atoms with van der Waals surface area (Å²) in [6.07, 6.45) is 2.50. The van der Waals surface area contributed by atoms with Gasteiger partial charge in [0, 0.05) is 35.3 Å². The average molecular weight is 404 g/mol. The summed E-state index contributed by atoms with van der Waals surface area (Å²) in [5.41, 5.74) is 3.43. The van der Waals surface area contributed by atoms with E-state index in [1.54, 1.807) is 23.0 Å². The number of rotatable bonds is 3. The Morgan fingerprint density at radius 2 is 2.21 bits per heavy atom. The van der Waals surface area contributed by atoms with E-state index in [4.69, 9.17) is 4.74 Å². The van der Waals surface area contributed by atoms with Crippen LogP contribution >= 0.6 is 27.3 Å². The van der Waals surface area contributed by atoms with Crippen molar-refractivity contribution in [1.82, 2.24) is 14.9 Å². The normalized spacial score (nSPS) is 17.4. The lowest BCUT2D eigenvalue weighted by Gasteiger charge is -2.17. The van der Waals surface area contributed by atoms with Gasteiger partial charge in [-0.05, 0) is 40.2 Å². The fourth-order valence-electron chi connectivity index (χ4n) is 2.78. The van der Waals surface area contributed by atoms with Crippen molar-refractivity contribution in [3.8, 4) is 5.88 Å². The van der Waals surface area contributed by atoms with Crippen LogP contribution in [0.4, 0.5) is 0 Å². The number of thiazole rings is 1. The number of carbonyl (C=O) groups is 1. The molecule has 1 aromatic carbocycles. The van der Waals surface area contributed by atoms with Crippen LogP contribution in [0.5, 0.6) is 5.88 Å². The molecule has 2 aromatic heterocycles. The first kappa shape index (κ1) is 15.5. The lowest BCUT2D eigenvalue weighted by Crippen LogP contribution is -2.31. The smallest absolute Gasteiger partial charge is 0.254 e. The summed E-state index contributed by atoms with van der Waals surface area (Å²) in [6.45, 7) is 1.28. The molecular formula is C17H14BrN3O2S. The number of pyridine rings is 1. The molecule has 4 rings (SSSR count). The van der Waals surface area contributed by atoms with Crippen LogP contribution in [0, 0.1) is 0 Å². The van der Waals surface area contributed by atoms with Crippen molar-refractivity contribution in [2.75, 3.05) is 13.1 Å². The van der Waals surface area contributed by atoms with Crippen LogP contribution in [-0.2, 0) is 0 Å². The Morgan fingerprint density at radius 1 is 1.29 bits per heavy atom. The van der Waals surface area contributed by atoms with Crippen molar-refractivity contribution in [2.24, 2.45) is 0 Å². The molecule has 0 radical (unpaired) electrons. The van der Waals surface area contributed by atoms with E-state index in [2.05, 4.69) is 25.9 Å². The van der Waals surface area contributed by atoms with Gasteiger partial charge < -0.3 is 9.64 Å². The molecule has 1 saturated heterocycles. The van der Waals surface area contributed by atoms with Gasteiger partial charge in [-0.3, -0.25) is 4.79 Å². The molecule has 0 N–H and O–H groups in total. The van der Waals surface area contributed by atoms with Gasteiger partial charge in [0.05, 0.1) is 22.3 Å². The van der Waals surface area contributed by atoms with Gasteiger partial charge in [-0.25, -0.2) is 9.97 Å². The minimum Gasteiger partial charge on any atom is -0.472 e. The fraction of sp³-hybridized carbons (Fsp3) is 0.235. The first-order chi connectivity index (χ1) is 11.7. The van der Waals surface area contributed by atoms with Crippen LogP contribution in [0.1, 0.15) is 16.8 Å². The number of amides is 1. The Morgan fingerprint density at radius 3 is 3.04 bits per heavy atom. The van der Waals surface area contributed by atoms with Gasteiger partial charge in [0.25, 0.3) is 5.91 Å². The van der Waals surface area contributed by atoms with Gasteiger partial charge in [0.15, 0.2) is 0 Å². The number of benzene rings is 1. The summed E-state index contributed by atoms with van der Waals surface area (Å²) >= 11 is 4.90. The Hall–Kier alpha value is -1.99. The number of halogens is 1. The third-order valence-electron chi connectivity index (χ3n) is 4.00. The van der Waals surface area contributed by atoms with Crippen molar-refractivity contribution in [1.29, 1.82) is 0 Å². The topological polar surface area (TPSA) is 55.3 Å². The van der Waals surface area contributed by atoms with Crippen molar-refractivity contribution in [3.05, 3.63) is 52.1 Å². The SMILES string of the molecule is O=C(c1ccc2ncsc2c1)N1CCC(Oc2ccc(Br)cn2)C1. The number of ether oxygens (including phenoxy) is 1. The van der Waals surface area contributed by atoms with Crippen molar-refractivity contribution in [2.45, 2.75) is 12.5 Å². The van der Waals surface area contributed by atoms with E-state index in [-0.39, 0.29) is 12.0 Å². The van der Waals surface area contributed by atoms with Crippen LogP contribution < -0.4 is 4.74 Å². The zero-order chi connectivity index (χ0) is 16.5. The molecule has 122 valence electrons. The third-order valence-corrected chi connectivity index (χ3v) is 5.26. The molecule has 5 nitrogen and oxygen atoms in total. The zero-order valence-electron chi connectivity index (χ0n) is 12.7. The van der Waals surface area contributed by atoms with Gasteiger partial charge in [0.2, 0.25) is 5.88 Å². The van der Waals surface area contributed by atoms with Gasteiger partial charge in [-0.15, -0.1) is 11.3 Å². The second-order valence-electron chi connectivity index (χ2n) is 5.63. The second kappa shape index (κ2) is 6.49. The summed E-state index contributed by atoms with van der Waals surface area (Å²) in [7, 11) is 0. The quantitative estimate of drug-likeness (QED) is 0.667. The molecule has 0 saturated carbocycles. The van der Waals surface area contributed by atoms with Gasteiger partial charge in [-0.2, -0.15) is 0 Å². The first-order valence-corrected chi connectivity index (χ1v) is 9.27. The molecule has 1 fully saturated rings. The molecule has 0 aliphatic carbocycles. The molecule has 3 aromatic rings. The first-order valence-electron chi connectivity index (χ1n) is 7.60. The molecular weight excluding hydrogens is 390 g/mol. The number of carbonyl (C=O) groups excluding carboxylic acids is 1. The molecule has 1 unspecified atom stereocenters. The Kier molecular flexibility index (Phi) is 4.20. The molecule has 24 heavy (non-hydrogen) atoms. The molecule has 1 amide bonds. The molecule has 7 heteroatoms. The monoisotopic (exact) mass is 403 g/mol. The maximum atomic E-state index is 12.7. The molecule has 1 aliphatic heterocycles. The highest BCUT2D eigenvalue weighted by molar-refractivity contribution is 9.10. The number of aromatic nitrogens is 2. The van der Waals surface area contributed by atoms with Crippen LogP contribution in [0.3, 0.4) is 0 Å². The van der Waals surface area contributed by atoms with E-state index in [1.807, 2.05) is 35.2 Å². The minimum atomic E-state index is -0.0187. The fourth-order valence-corrected chi connectivity index (χ4v) is 3.73. The Bertz CT molecular complexity index is 881. The van der Waals surface area contributed by atoms with Gasteiger partial charge in [0.1, 0.15) is 6.10 Å². The van der Waals surface area contributed by atoms with E-state index in [0.29, 0.717) is 24.5 Å². The minimum absolute atomic E-state index is 0.0187. The van der Waals surface area contributed by atoms with E-state index >= 15 is 0 Å². The third kappa shape index (κ3) is 3.14. The van der Waals surface area contributed by atoms with Gasteiger partial charge >= 0.3 is 0 Å². The molecule has 3 heterocycles. The van der Waals surface area contributed by atoms with E-state index in [9.17, 15) is 4.79 Å². The van der Waals surface area contributed by atoms with E-state index in [0.717, 1.165) is 21.1 Å². The lowest BCUT2D eigenvalue weighted by molar-refractivity contribution is 0.0771. The van der Waals surface area contributed by atoms with Crippen molar-refractivity contribution in [3.63, 3.8) is 0 Å². The molecule has 1 atom stereocenters. The summed E-state index contributed by atoms with van der Waals surface area (Å²) in [6, 6.07) is 9.38. The van der Waals surface area contributed by atoms with Crippen molar-refractivity contribution < 1.29 is 9.53 Å².